The number of para-hydroxylation sites is 1. The first-order chi connectivity index (χ1) is 8.09. The maximum atomic E-state index is 7.40. The van der Waals surface area contributed by atoms with Crippen LogP contribution in [0.25, 0.3) is 0 Å². The second kappa shape index (κ2) is 6.80. The van der Waals surface area contributed by atoms with Gasteiger partial charge in [0.1, 0.15) is 5.75 Å². The van der Waals surface area contributed by atoms with Crippen molar-refractivity contribution in [2.75, 3.05) is 12.4 Å². The van der Waals surface area contributed by atoms with E-state index in [4.69, 9.17) is 21.6 Å². The van der Waals surface area contributed by atoms with Crippen molar-refractivity contribution in [2.24, 2.45) is 16.5 Å². The normalized spacial score (nSPS) is 9.71. The average molecular weight is 252 g/mol. The highest BCUT2D eigenvalue weighted by Crippen LogP contribution is 2.16. The van der Waals surface area contributed by atoms with E-state index in [1.54, 1.807) is 0 Å². The minimum atomic E-state index is -0.0951. The highest BCUT2D eigenvalue weighted by atomic mass is 32.2. The van der Waals surface area contributed by atoms with E-state index in [0.717, 1.165) is 11.3 Å². The minimum Gasteiger partial charge on any atom is -0.492 e. The molecule has 6 heteroatoms. The zero-order chi connectivity index (χ0) is 12.7. The van der Waals surface area contributed by atoms with E-state index in [9.17, 15) is 0 Å². The fourth-order valence-electron chi connectivity index (χ4n) is 1.16. The zero-order valence-corrected chi connectivity index (χ0v) is 10.5. The van der Waals surface area contributed by atoms with Crippen LogP contribution in [0.2, 0.25) is 0 Å². The Balaban J connectivity index is 2.28. The molecule has 0 saturated carbocycles. The molecular weight excluding hydrogens is 236 g/mol. The van der Waals surface area contributed by atoms with Gasteiger partial charge in [0.25, 0.3) is 0 Å². The van der Waals surface area contributed by atoms with Crippen LogP contribution in [0, 0.1) is 12.3 Å². The van der Waals surface area contributed by atoms with Gasteiger partial charge < -0.3 is 16.2 Å². The molecule has 0 bridgehead atoms. The van der Waals surface area contributed by atoms with Crippen LogP contribution in [0.1, 0.15) is 5.56 Å². The van der Waals surface area contributed by atoms with Gasteiger partial charge in [-0.3, -0.25) is 5.41 Å². The first kappa shape index (κ1) is 13.4. The molecule has 0 aliphatic heterocycles. The number of guanidine groups is 1. The summed E-state index contributed by atoms with van der Waals surface area (Å²) < 4.78 is 5.56. The molecule has 5 N–H and O–H groups in total. The van der Waals surface area contributed by atoms with Crippen molar-refractivity contribution in [3.63, 3.8) is 0 Å². The number of rotatable bonds is 4. The number of ether oxygens (including phenoxy) is 1. The summed E-state index contributed by atoms with van der Waals surface area (Å²) in [5.74, 6) is 1.40. The fraction of sp³-hybridized carbons (Fsp3) is 0.273. The summed E-state index contributed by atoms with van der Waals surface area (Å²) in [6.45, 7) is 2.50. The number of hydrogen-bond donors (Lipinski definition) is 3. The Morgan fingerprint density at radius 1 is 1.41 bits per heavy atom. The standard InChI is InChI=1S/C11H16N4OS/c1-8-4-2-3-5-9(8)16-6-7-17-11(14)15-10(12)13/h2-5H,6-7H2,1H3,(H5,12,13,14,15). The van der Waals surface area contributed by atoms with Gasteiger partial charge in [0.2, 0.25) is 0 Å². The Hall–Kier alpha value is -1.69. The second-order valence-electron chi connectivity index (χ2n) is 3.30. The Kier molecular flexibility index (Phi) is 5.35. The molecule has 0 atom stereocenters. The lowest BCUT2D eigenvalue weighted by molar-refractivity contribution is 0.342. The van der Waals surface area contributed by atoms with Crippen LogP contribution < -0.4 is 16.2 Å². The molecule has 0 spiro atoms. The molecule has 0 aliphatic rings. The molecule has 17 heavy (non-hydrogen) atoms. The monoisotopic (exact) mass is 252 g/mol. The highest BCUT2D eigenvalue weighted by Gasteiger charge is 1.99. The van der Waals surface area contributed by atoms with E-state index in [1.165, 1.54) is 11.8 Å². The topological polar surface area (TPSA) is 97.5 Å². The number of aryl methyl sites for hydroxylation is 1. The maximum absolute atomic E-state index is 7.40. The van der Waals surface area contributed by atoms with Crippen LogP contribution in [-0.2, 0) is 0 Å². The van der Waals surface area contributed by atoms with Crippen LogP contribution >= 0.6 is 11.8 Å². The summed E-state index contributed by atoms with van der Waals surface area (Å²) in [4.78, 5) is 3.60. The van der Waals surface area contributed by atoms with Crippen molar-refractivity contribution in [2.45, 2.75) is 6.92 Å². The van der Waals surface area contributed by atoms with E-state index in [2.05, 4.69) is 4.99 Å². The number of aliphatic imine (C=N–C) groups is 1. The van der Waals surface area contributed by atoms with Crippen LogP contribution in [0.3, 0.4) is 0 Å². The molecule has 0 unspecified atom stereocenters. The number of nitrogens with two attached hydrogens (primary N) is 2. The van der Waals surface area contributed by atoms with E-state index < -0.39 is 0 Å². The Morgan fingerprint density at radius 2 is 2.12 bits per heavy atom. The smallest absolute Gasteiger partial charge is 0.193 e. The molecule has 0 radical (unpaired) electrons. The molecule has 5 nitrogen and oxygen atoms in total. The maximum Gasteiger partial charge on any atom is 0.193 e. The third-order valence-electron chi connectivity index (χ3n) is 1.90. The van der Waals surface area contributed by atoms with E-state index in [0.29, 0.717) is 12.4 Å². The number of benzene rings is 1. The Morgan fingerprint density at radius 3 is 2.76 bits per heavy atom. The predicted octanol–water partition coefficient (Wildman–Crippen LogP) is 1.32. The predicted molar refractivity (Wildman–Crippen MR) is 72.7 cm³/mol. The minimum absolute atomic E-state index is 0.0951. The van der Waals surface area contributed by atoms with E-state index in [1.807, 2.05) is 31.2 Å². The summed E-state index contributed by atoms with van der Waals surface area (Å²) >= 11 is 1.24. The summed E-state index contributed by atoms with van der Waals surface area (Å²) in [5, 5.41) is 7.50. The molecule has 0 fully saturated rings. The van der Waals surface area contributed by atoms with Gasteiger partial charge in [-0.2, -0.15) is 4.99 Å². The number of nitrogens with one attached hydrogen (secondary N) is 1. The first-order valence-electron chi connectivity index (χ1n) is 5.09. The molecule has 1 aromatic rings. The molecule has 1 rings (SSSR count). The Bertz CT molecular complexity index is 416. The van der Waals surface area contributed by atoms with E-state index in [-0.39, 0.29) is 11.1 Å². The SMILES string of the molecule is Cc1ccccc1OCCSC(=N)N=C(N)N. The third kappa shape index (κ3) is 5.26. The van der Waals surface area contributed by atoms with Crippen molar-refractivity contribution in [1.82, 2.24) is 0 Å². The van der Waals surface area contributed by atoms with Crippen molar-refractivity contribution in [1.29, 1.82) is 5.41 Å². The molecule has 0 saturated heterocycles. The lowest BCUT2D eigenvalue weighted by Gasteiger charge is -2.07. The number of hydrogen-bond acceptors (Lipinski definition) is 3. The van der Waals surface area contributed by atoms with Gasteiger partial charge in [0.15, 0.2) is 11.1 Å². The second-order valence-corrected chi connectivity index (χ2v) is 4.39. The number of amidine groups is 1. The van der Waals surface area contributed by atoms with Gasteiger partial charge in [0, 0.05) is 5.75 Å². The largest absolute Gasteiger partial charge is 0.492 e. The summed E-state index contributed by atoms with van der Waals surface area (Å²) in [6.07, 6.45) is 0. The molecule has 0 aromatic heterocycles. The molecule has 1 aromatic carbocycles. The van der Waals surface area contributed by atoms with Gasteiger partial charge in [-0.15, -0.1) is 0 Å². The molecule has 92 valence electrons. The van der Waals surface area contributed by atoms with Crippen molar-refractivity contribution in [3.05, 3.63) is 29.8 Å². The lowest BCUT2D eigenvalue weighted by atomic mass is 10.2. The van der Waals surface area contributed by atoms with E-state index >= 15 is 0 Å². The molecular formula is C11H16N4OS. The van der Waals surface area contributed by atoms with Gasteiger partial charge in [-0.05, 0) is 18.6 Å². The molecule has 0 amide bonds. The van der Waals surface area contributed by atoms with Crippen molar-refractivity contribution in [3.8, 4) is 5.75 Å². The zero-order valence-electron chi connectivity index (χ0n) is 9.64. The third-order valence-corrected chi connectivity index (χ3v) is 2.64. The number of thioether (sulfide) groups is 1. The number of nitrogens with zero attached hydrogens (tertiary/aromatic N) is 1. The summed E-state index contributed by atoms with van der Waals surface area (Å²) in [7, 11) is 0. The van der Waals surface area contributed by atoms with Gasteiger partial charge in [-0.1, -0.05) is 30.0 Å². The average Bonchev–Trinajstić information content (AvgIpc) is 2.25. The van der Waals surface area contributed by atoms with Gasteiger partial charge in [-0.25, -0.2) is 0 Å². The van der Waals surface area contributed by atoms with Crippen LogP contribution in [-0.4, -0.2) is 23.5 Å². The summed E-state index contributed by atoms with van der Waals surface area (Å²) in [6, 6.07) is 7.80. The van der Waals surface area contributed by atoms with Crippen LogP contribution in [0.15, 0.2) is 29.3 Å². The molecule has 0 aliphatic carbocycles. The van der Waals surface area contributed by atoms with Crippen LogP contribution in [0.4, 0.5) is 0 Å². The Labute approximate surface area is 105 Å². The lowest BCUT2D eigenvalue weighted by Crippen LogP contribution is -2.23. The van der Waals surface area contributed by atoms with Gasteiger partial charge >= 0.3 is 0 Å². The van der Waals surface area contributed by atoms with Crippen molar-refractivity contribution >= 4 is 22.9 Å². The van der Waals surface area contributed by atoms with Crippen LogP contribution in [0.5, 0.6) is 5.75 Å². The quantitative estimate of drug-likeness (QED) is 0.427. The van der Waals surface area contributed by atoms with Crippen molar-refractivity contribution < 1.29 is 4.74 Å². The highest BCUT2D eigenvalue weighted by molar-refractivity contribution is 8.13. The fourth-order valence-corrected chi connectivity index (χ4v) is 1.69. The molecule has 0 heterocycles. The first-order valence-corrected chi connectivity index (χ1v) is 6.07. The van der Waals surface area contributed by atoms with Gasteiger partial charge in [0.05, 0.1) is 6.61 Å². The summed E-state index contributed by atoms with van der Waals surface area (Å²) in [5.41, 5.74) is 11.4.